The number of aryl methyl sites for hydroxylation is 1. The zero-order valence-electron chi connectivity index (χ0n) is 20.8. The Bertz CT molecular complexity index is 1220. The van der Waals surface area contributed by atoms with E-state index < -0.39 is 10.0 Å². The maximum atomic E-state index is 12.8. The molecule has 3 rings (SSSR count). The molecule has 1 N–H and O–H groups in total. The SMILES string of the molecule is Cc1cccc(C(C)C)c1N(Cc1ccc(C(=O)NCCOCc2ccccc2)cc1)S(C)(=O)=O. The van der Waals surface area contributed by atoms with E-state index in [-0.39, 0.29) is 18.4 Å². The summed E-state index contributed by atoms with van der Waals surface area (Å²) in [5.74, 6) is -0.0160. The molecule has 35 heavy (non-hydrogen) atoms. The number of hydrogen-bond acceptors (Lipinski definition) is 4. The molecule has 0 spiro atoms. The van der Waals surface area contributed by atoms with E-state index in [1.165, 1.54) is 10.6 Å². The fourth-order valence-electron chi connectivity index (χ4n) is 3.88. The van der Waals surface area contributed by atoms with E-state index in [4.69, 9.17) is 4.74 Å². The normalized spacial score (nSPS) is 11.5. The number of sulfonamides is 1. The van der Waals surface area contributed by atoms with E-state index in [9.17, 15) is 13.2 Å². The van der Waals surface area contributed by atoms with Crippen LogP contribution in [0.1, 0.15) is 52.4 Å². The number of hydrogen-bond donors (Lipinski definition) is 1. The van der Waals surface area contributed by atoms with Crippen molar-refractivity contribution in [1.82, 2.24) is 5.32 Å². The van der Waals surface area contributed by atoms with Gasteiger partial charge in [-0.3, -0.25) is 9.10 Å². The standard InChI is InChI=1S/C28H34N2O4S/c1-21(2)26-12-8-9-22(3)27(26)30(35(4,32)33)19-23-13-15-25(16-14-23)28(31)29-17-18-34-20-24-10-6-5-7-11-24/h5-16,21H,17-20H2,1-4H3,(H,29,31). The second kappa shape index (κ2) is 12.0. The minimum atomic E-state index is -3.52. The smallest absolute Gasteiger partial charge is 0.251 e. The molecule has 7 heteroatoms. The average molecular weight is 495 g/mol. The molecule has 0 radical (unpaired) electrons. The molecule has 0 heterocycles. The van der Waals surface area contributed by atoms with Crippen LogP contribution in [0.25, 0.3) is 0 Å². The number of amides is 1. The molecule has 0 saturated carbocycles. The molecule has 1 amide bonds. The molecule has 6 nitrogen and oxygen atoms in total. The minimum absolute atomic E-state index is 0.178. The number of carbonyl (C=O) groups is 1. The second-order valence-electron chi connectivity index (χ2n) is 8.93. The number of nitrogens with one attached hydrogen (secondary N) is 1. The van der Waals surface area contributed by atoms with Gasteiger partial charge in [-0.15, -0.1) is 0 Å². The van der Waals surface area contributed by atoms with E-state index in [2.05, 4.69) is 19.2 Å². The van der Waals surface area contributed by atoms with Crippen molar-refractivity contribution in [2.24, 2.45) is 0 Å². The number of rotatable bonds is 11. The van der Waals surface area contributed by atoms with E-state index in [0.717, 1.165) is 27.9 Å². The molecule has 0 aliphatic heterocycles. The number of benzene rings is 3. The highest BCUT2D eigenvalue weighted by molar-refractivity contribution is 7.92. The molecule has 0 bridgehead atoms. The zero-order chi connectivity index (χ0) is 25.4. The van der Waals surface area contributed by atoms with Crippen molar-refractivity contribution in [3.05, 3.63) is 101 Å². The number of anilines is 1. The Morgan fingerprint density at radius 3 is 2.26 bits per heavy atom. The lowest BCUT2D eigenvalue weighted by atomic mass is 9.98. The zero-order valence-corrected chi connectivity index (χ0v) is 21.6. The van der Waals surface area contributed by atoms with Crippen LogP contribution in [-0.4, -0.2) is 33.7 Å². The van der Waals surface area contributed by atoms with Gasteiger partial charge in [0.05, 0.1) is 31.7 Å². The van der Waals surface area contributed by atoms with Gasteiger partial charge in [-0.25, -0.2) is 8.42 Å². The van der Waals surface area contributed by atoms with Crippen molar-refractivity contribution in [2.75, 3.05) is 23.7 Å². The third kappa shape index (κ3) is 7.41. The molecule has 0 unspecified atom stereocenters. The monoisotopic (exact) mass is 494 g/mol. The van der Waals surface area contributed by atoms with Crippen molar-refractivity contribution >= 4 is 21.6 Å². The van der Waals surface area contributed by atoms with E-state index in [1.54, 1.807) is 24.3 Å². The van der Waals surface area contributed by atoms with Crippen LogP contribution in [0.15, 0.2) is 72.8 Å². The van der Waals surface area contributed by atoms with Crippen LogP contribution in [0, 0.1) is 6.92 Å². The van der Waals surface area contributed by atoms with Gasteiger partial charge in [0.25, 0.3) is 5.91 Å². The largest absolute Gasteiger partial charge is 0.375 e. The van der Waals surface area contributed by atoms with Crippen LogP contribution < -0.4 is 9.62 Å². The predicted octanol–water partition coefficient (Wildman–Crippen LogP) is 5.03. The minimum Gasteiger partial charge on any atom is -0.375 e. The lowest BCUT2D eigenvalue weighted by Crippen LogP contribution is -2.31. The first-order chi connectivity index (χ1) is 16.7. The molecule has 3 aromatic rings. The first-order valence-electron chi connectivity index (χ1n) is 11.7. The van der Waals surface area contributed by atoms with Crippen LogP contribution in [0.2, 0.25) is 0 Å². The number of carbonyl (C=O) groups excluding carboxylic acids is 1. The predicted molar refractivity (Wildman–Crippen MR) is 141 cm³/mol. The van der Waals surface area contributed by atoms with E-state index in [1.807, 2.05) is 55.5 Å². The Hall–Kier alpha value is -3.16. The van der Waals surface area contributed by atoms with Gasteiger partial charge >= 0.3 is 0 Å². The third-order valence-electron chi connectivity index (χ3n) is 5.73. The number of para-hydroxylation sites is 1. The van der Waals surface area contributed by atoms with Gasteiger partial charge in [0.2, 0.25) is 10.0 Å². The summed E-state index contributed by atoms with van der Waals surface area (Å²) in [6, 6.07) is 22.8. The van der Waals surface area contributed by atoms with E-state index in [0.29, 0.717) is 25.3 Å². The molecule has 0 atom stereocenters. The molecule has 0 fully saturated rings. The highest BCUT2D eigenvalue weighted by atomic mass is 32.2. The first kappa shape index (κ1) is 26.4. The number of nitrogens with zero attached hydrogens (tertiary/aromatic N) is 1. The fourth-order valence-corrected chi connectivity index (χ4v) is 4.85. The Morgan fingerprint density at radius 1 is 0.943 bits per heavy atom. The molecule has 0 saturated heterocycles. The maximum Gasteiger partial charge on any atom is 0.251 e. The molecular weight excluding hydrogens is 460 g/mol. The van der Waals surface area contributed by atoms with Crippen LogP contribution in [0.4, 0.5) is 5.69 Å². The molecule has 0 aliphatic carbocycles. The Morgan fingerprint density at radius 2 is 1.63 bits per heavy atom. The summed E-state index contributed by atoms with van der Waals surface area (Å²) >= 11 is 0. The average Bonchev–Trinajstić information content (AvgIpc) is 2.82. The summed E-state index contributed by atoms with van der Waals surface area (Å²) in [6.07, 6.45) is 1.23. The fraction of sp³-hybridized carbons (Fsp3) is 0.321. The molecule has 3 aromatic carbocycles. The summed E-state index contributed by atoms with van der Waals surface area (Å²) in [7, 11) is -3.52. The second-order valence-corrected chi connectivity index (χ2v) is 10.8. The van der Waals surface area contributed by atoms with Gasteiger partial charge in [-0.05, 0) is 47.2 Å². The highest BCUT2D eigenvalue weighted by Crippen LogP contribution is 2.33. The maximum absolute atomic E-state index is 12.8. The van der Waals surface area contributed by atoms with Crippen LogP contribution in [0.5, 0.6) is 0 Å². The van der Waals surface area contributed by atoms with Crippen LogP contribution in [0.3, 0.4) is 0 Å². The topological polar surface area (TPSA) is 75.7 Å². The molecule has 186 valence electrons. The van der Waals surface area contributed by atoms with Crippen molar-refractivity contribution < 1.29 is 17.9 Å². The lowest BCUT2D eigenvalue weighted by Gasteiger charge is -2.28. The van der Waals surface area contributed by atoms with Gasteiger partial charge in [-0.1, -0.05) is 74.5 Å². The molecule has 0 aromatic heterocycles. The van der Waals surface area contributed by atoms with Crippen LogP contribution in [-0.2, 0) is 27.9 Å². The quantitative estimate of drug-likeness (QED) is 0.379. The Kier molecular flexibility index (Phi) is 9.07. The van der Waals surface area contributed by atoms with Gasteiger partial charge in [0.15, 0.2) is 0 Å². The van der Waals surface area contributed by atoms with Crippen molar-refractivity contribution in [1.29, 1.82) is 0 Å². The lowest BCUT2D eigenvalue weighted by molar-refractivity contribution is 0.0901. The first-order valence-corrected chi connectivity index (χ1v) is 13.6. The summed E-state index contributed by atoms with van der Waals surface area (Å²) in [4.78, 5) is 12.5. The summed E-state index contributed by atoms with van der Waals surface area (Å²) in [6.45, 7) is 7.55. The van der Waals surface area contributed by atoms with Gasteiger partial charge in [0, 0.05) is 12.1 Å². The summed E-state index contributed by atoms with van der Waals surface area (Å²) in [5, 5.41) is 2.85. The summed E-state index contributed by atoms with van der Waals surface area (Å²) in [5.41, 5.74) is 5.02. The van der Waals surface area contributed by atoms with Crippen molar-refractivity contribution in [2.45, 2.75) is 39.8 Å². The highest BCUT2D eigenvalue weighted by Gasteiger charge is 2.23. The van der Waals surface area contributed by atoms with Crippen LogP contribution >= 0.6 is 0 Å². The van der Waals surface area contributed by atoms with Gasteiger partial charge in [-0.2, -0.15) is 0 Å². The Balaban J connectivity index is 1.62. The van der Waals surface area contributed by atoms with Gasteiger partial charge < -0.3 is 10.1 Å². The summed E-state index contributed by atoms with van der Waals surface area (Å²) < 4.78 is 32.6. The third-order valence-corrected chi connectivity index (χ3v) is 6.84. The van der Waals surface area contributed by atoms with Crippen molar-refractivity contribution in [3.8, 4) is 0 Å². The molecule has 0 aliphatic rings. The van der Waals surface area contributed by atoms with Gasteiger partial charge in [0.1, 0.15) is 0 Å². The van der Waals surface area contributed by atoms with Crippen molar-refractivity contribution in [3.63, 3.8) is 0 Å². The molecular formula is C28H34N2O4S. The van der Waals surface area contributed by atoms with E-state index >= 15 is 0 Å². The number of ether oxygens (including phenoxy) is 1. The Labute approximate surface area is 209 Å².